The molecule has 5 rings (SSSR count). The lowest BCUT2D eigenvalue weighted by molar-refractivity contribution is -0.385. The van der Waals surface area contributed by atoms with Crippen LogP contribution in [-0.2, 0) is 35.3 Å². The summed E-state index contributed by atoms with van der Waals surface area (Å²) >= 11 is 0. The van der Waals surface area contributed by atoms with E-state index in [4.69, 9.17) is 0 Å². The first-order chi connectivity index (χ1) is 21.3. The topological polar surface area (TPSA) is 172 Å². The van der Waals surface area contributed by atoms with Crippen molar-refractivity contribution in [3.8, 4) is 0 Å². The summed E-state index contributed by atoms with van der Waals surface area (Å²) in [5.41, 5.74) is 3.33. The lowest BCUT2D eigenvalue weighted by Gasteiger charge is -2.28. The third kappa shape index (κ3) is 7.57. The van der Waals surface area contributed by atoms with Crippen molar-refractivity contribution in [2.24, 2.45) is 0 Å². The Kier molecular flexibility index (Phi) is 9.48. The van der Waals surface area contributed by atoms with Gasteiger partial charge in [0, 0.05) is 47.9 Å². The SMILES string of the molecule is O=C(Cc1ccc([C@H]2CCC[C@H](c3ccc(CC(=O)Cc4ccccc4[N+](=O)[O-])nn3)C2)nn1)Cc1ccccc1[N+](=O)[O-]. The van der Waals surface area contributed by atoms with Gasteiger partial charge in [-0.2, -0.15) is 20.4 Å². The molecular formula is C32H30N6O6. The third-order valence-corrected chi connectivity index (χ3v) is 7.90. The molecule has 2 aromatic carbocycles. The molecular weight excluding hydrogens is 564 g/mol. The lowest BCUT2D eigenvalue weighted by Crippen LogP contribution is -2.17. The number of benzene rings is 2. The number of hydrogen-bond donors (Lipinski definition) is 0. The van der Waals surface area contributed by atoms with E-state index >= 15 is 0 Å². The minimum atomic E-state index is -0.486. The molecule has 2 aromatic heterocycles. The molecule has 224 valence electrons. The predicted octanol–water partition coefficient (Wildman–Crippen LogP) is 5.23. The summed E-state index contributed by atoms with van der Waals surface area (Å²) < 4.78 is 0. The van der Waals surface area contributed by atoms with E-state index in [9.17, 15) is 29.8 Å². The summed E-state index contributed by atoms with van der Waals surface area (Å²) in [7, 11) is 0. The Morgan fingerprint density at radius 3 is 1.43 bits per heavy atom. The second-order valence-electron chi connectivity index (χ2n) is 11.0. The van der Waals surface area contributed by atoms with E-state index in [2.05, 4.69) is 20.4 Å². The van der Waals surface area contributed by atoms with Crippen molar-refractivity contribution in [1.82, 2.24) is 20.4 Å². The minimum Gasteiger partial charge on any atom is -0.299 e. The Hall–Kier alpha value is -5.26. The molecule has 0 radical (unpaired) electrons. The summed E-state index contributed by atoms with van der Waals surface area (Å²) in [4.78, 5) is 46.7. The van der Waals surface area contributed by atoms with Crippen LogP contribution in [-0.4, -0.2) is 41.8 Å². The average molecular weight is 595 g/mol. The van der Waals surface area contributed by atoms with Gasteiger partial charge in [-0.05, 0) is 43.5 Å². The van der Waals surface area contributed by atoms with Gasteiger partial charge < -0.3 is 0 Å². The van der Waals surface area contributed by atoms with Crippen LogP contribution in [0.4, 0.5) is 11.4 Å². The van der Waals surface area contributed by atoms with Crippen molar-refractivity contribution in [2.75, 3.05) is 0 Å². The fraction of sp³-hybridized carbons (Fsp3) is 0.312. The van der Waals surface area contributed by atoms with Gasteiger partial charge in [0.15, 0.2) is 0 Å². The van der Waals surface area contributed by atoms with E-state index in [-0.39, 0.29) is 60.5 Å². The van der Waals surface area contributed by atoms with Gasteiger partial charge in [0.1, 0.15) is 11.6 Å². The van der Waals surface area contributed by atoms with E-state index in [0.717, 1.165) is 37.1 Å². The summed E-state index contributed by atoms with van der Waals surface area (Å²) in [5.74, 6) is -0.0151. The highest BCUT2D eigenvalue weighted by Gasteiger charge is 2.27. The molecule has 1 saturated carbocycles. The second kappa shape index (κ2) is 13.8. The molecule has 0 saturated heterocycles. The number of ketones is 2. The number of nitro groups is 2. The zero-order chi connectivity index (χ0) is 31.1. The Labute approximate surface area is 252 Å². The number of aromatic nitrogens is 4. The molecule has 2 heterocycles. The number of para-hydroxylation sites is 2. The monoisotopic (exact) mass is 594 g/mol. The fourth-order valence-electron chi connectivity index (χ4n) is 5.72. The summed E-state index contributed by atoms with van der Waals surface area (Å²) in [6.45, 7) is 0. The molecule has 12 nitrogen and oxygen atoms in total. The van der Waals surface area contributed by atoms with E-state index in [1.165, 1.54) is 12.1 Å². The molecule has 0 spiro atoms. The number of carbonyl (C=O) groups excluding carboxylic acids is 2. The highest BCUT2D eigenvalue weighted by atomic mass is 16.6. The zero-order valence-corrected chi connectivity index (χ0v) is 23.9. The van der Waals surface area contributed by atoms with Crippen molar-refractivity contribution >= 4 is 22.9 Å². The van der Waals surface area contributed by atoms with Crippen LogP contribution in [0.3, 0.4) is 0 Å². The van der Waals surface area contributed by atoms with Gasteiger partial charge in [-0.15, -0.1) is 0 Å². The summed E-state index contributed by atoms with van der Waals surface area (Å²) in [6.07, 6.45) is 3.68. The highest BCUT2D eigenvalue weighted by Crippen LogP contribution is 2.39. The van der Waals surface area contributed by atoms with Gasteiger partial charge in [0.25, 0.3) is 11.4 Å². The predicted molar refractivity (Wildman–Crippen MR) is 159 cm³/mol. The molecule has 1 aliphatic rings. The number of nitrogens with zero attached hydrogens (tertiary/aromatic N) is 6. The maximum atomic E-state index is 12.6. The quantitative estimate of drug-likeness (QED) is 0.156. The Bertz CT molecular complexity index is 1550. The van der Waals surface area contributed by atoms with Gasteiger partial charge in [-0.1, -0.05) is 42.8 Å². The molecule has 44 heavy (non-hydrogen) atoms. The Morgan fingerprint density at radius 2 is 1.05 bits per heavy atom. The number of Topliss-reactive ketones (excluding diaryl/α,β-unsaturated/α-hetero) is 2. The molecule has 1 aliphatic carbocycles. The van der Waals surface area contributed by atoms with Crippen molar-refractivity contribution in [2.45, 2.75) is 63.2 Å². The van der Waals surface area contributed by atoms with Gasteiger partial charge in [-0.25, -0.2) is 0 Å². The first kappa shape index (κ1) is 30.2. The normalized spacial score (nSPS) is 16.3. The molecule has 0 N–H and O–H groups in total. The van der Waals surface area contributed by atoms with Crippen LogP contribution < -0.4 is 0 Å². The number of nitro benzene ring substituents is 2. The largest absolute Gasteiger partial charge is 0.299 e. The van der Waals surface area contributed by atoms with Crippen LogP contribution in [0.25, 0.3) is 0 Å². The van der Waals surface area contributed by atoms with Crippen LogP contribution in [0.2, 0.25) is 0 Å². The zero-order valence-electron chi connectivity index (χ0n) is 23.9. The standard InChI is InChI=1S/C32H30N6O6/c39-27(17-23-6-1-3-10-31(23)37(41)42)19-25-12-14-29(35-33-25)21-8-5-9-22(16-21)30-15-13-26(34-36-30)20-28(40)18-24-7-2-4-11-32(24)38(43)44/h1-4,6-7,10-15,21-22H,5,8-9,16-20H2/t21-,22-/m0/s1. The van der Waals surface area contributed by atoms with Gasteiger partial charge in [0.2, 0.25) is 0 Å². The molecule has 12 heteroatoms. The van der Waals surface area contributed by atoms with Gasteiger partial charge in [-0.3, -0.25) is 29.8 Å². The van der Waals surface area contributed by atoms with Crippen LogP contribution in [0.5, 0.6) is 0 Å². The maximum absolute atomic E-state index is 12.6. The summed E-state index contributed by atoms with van der Waals surface area (Å²) in [5, 5.41) is 39.8. The third-order valence-electron chi connectivity index (χ3n) is 7.90. The number of hydrogen-bond acceptors (Lipinski definition) is 10. The Balaban J connectivity index is 1.15. The smallest absolute Gasteiger partial charge is 0.273 e. The van der Waals surface area contributed by atoms with E-state index < -0.39 is 9.85 Å². The lowest BCUT2D eigenvalue weighted by atomic mass is 9.78. The van der Waals surface area contributed by atoms with Crippen LogP contribution >= 0.6 is 0 Å². The average Bonchev–Trinajstić information content (AvgIpc) is 3.02. The Morgan fingerprint density at radius 1 is 0.614 bits per heavy atom. The van der Waals surface area contributed by atoms with Gasteiger partial charge >= 0.3 is 0 Å². The highest BCUT2D eigenvalue weighted by molar-refractivity contribution is 5.84. The molecule has 0 unspecified atom stereocenters. The first-order valence-corrected chi connectivity index (χ1v) is 14.4. The van der Waals surface area contributed by atoms with Gasteiger partial charge in [0.05, 0.1) is 45.5 Å². The molecule has 0 amide bonds. The molecule has 2 atom stereocenters. The molecule has 0 aliphatic heterocycles. The van der Waals surface area contributed by atoms with Crippen LogP contribution in [0.15, 0.2) is 72.8 Å². The number of rotatable bonds is 12. The van der Waals surface area contributed by atoms with Crippen LogP contribution in [0, 0.1) is 20.2 Å². The number of carbonyl (C=O) groups is 2. The van der Waals surface area contributed by atoms with Crippen molar-refractivity contribution < 1.29 is 19.4 Å². The summed E-state index contributed by atoms with van der Waals surface area (Å²) in [6, 6.07) is 19.8. The fourth-order valence-corrected chi connectivity index (χ4v) is 5.72. The van der Waals surface area contributed by atoms with Crippen molar-refractivity contribution in [3.63, 3.8) is 0 Å². The van der Waals surface area contributed by atoms with E-state index in [0.29, 0.717) is 22.5 Å². The van der Waals surface area contributed by atoms with E-state index in [1.54, 1.807) is 48.5 Å². The molecule has 0 bridgehead atoms. The molecule has 1 fully saturated rings. The molecule has 4 aromatic rings. The second-order valence-corrected chi connectivity index (χ2v) is 11.0. The van der Waals surface area contributed by atoms with Crippen molar-refractivity contribution in [1.29, 1.82) is 0 Å². The maximum Gasteiger partial charge on any atom is 0.273 e. The first-order valence-electron chi connectivity index (χ1n) is 14.4. The minimum absolute atomic E-state index is 0.0410. The van der Waals surface area contributed by atoms with E-state index in [1.807, 2.05) is 12.1 Å². The van der Waals surface area contributed by atoms with Crippen molar-refractivity contribution in [3.05, 3.63) is 127 Å². The van der Waals surface area contributed by atoms with Crippen LogP contribution in [0.1, 0.15) is 71.4 Å².